The normalized spacial score (nSPS) is 20.4. The van der Waals surface area contributed by atoms with Crippen molar-refractivity contribution in [3.05, 3.63) is 29.8 Å². The predicted molar refractivity (Wildman–Crippen MR) is 51.1 cm³/mol. The molecule has 0 aliphatic carbocycles. The first-order valence-electron chi connectivity index (χ1n) is 4.50. The van der Waals surface area contributed by atoms with E-state index in [0.717, 1.165) is 5.56 Å². The molecule has 1 aliphatic rings. The van der Waals surface area contributed by atoms with Crippen LogP contribution in [0.25, 0.3) is 0 Å². The Balaban J connectivity index is 1.93. The molecule has 14 heavy (non-hydrogen) atoms. The highest BCUT2D eigenvalue weighted by Crippen LogP contribution is 2.28. The molecule has 4 heteroatoms. The molecular formula is C10H12F2N2. The van der Waals surface area contributed by atoms with Crippen LogP contribution in [0.4, 0.5) is 14.5 Å². The number of halogens is 2. The minimum Gasteiger partial charge on any atom is -0.399 e. The number of alkyl halides is 2. The first-order chi connectivity index (χ1) is 6.55. The first-order valence-corrected chi connectivity index (χ1v) is 4.50. The second-order valence-electron chi connectivity index (χ2n) is 3.75. The smallest absolute Gasteiger partial charge is 0.272 e. The van der Waals surface area contributed by atoms with E-state index >= 15 is 0 Å². The van der Waals surface area contributed by atoms with Crippen LogP contribution in [0.5, 0.6) is 0 Å². The van der Waals surface area contributed by atoms with E-state index in [4.69, 9.17) is 5.73 Å². The highest BCUT2D eigenvalue weighted by molar-refractivity contribution is 5.40. The van der Waals surface area contributed by atoms with E-state index < -0.39 is 5.92 Å². The fourth-order valence-electron chi connectivity index (χ4n) is 1.67. The Morgan fingerprint density at radius 1 is 1.36 bits per heavy atom. The summed E-state index contributed by atoms with van der Waals surface area (Å²) in [5.74, 6) is -2.49. The highest BCUT2D eigenvalue weighted by Gasteiger charge is 2.43. The minimum atomic E-state index is -2.49. The van der Waals surface area contributed by atoms with Gasteiger partial charge in [-0.05, 0) is 17.7 Å². The molecule has 0 aromatic heterocycles. The molecule has 0 saturated carbocycles. The topological polar surface area (TPSA) is 29.3 Å². The van der Waals surface area contributed by atoms with E-state index in [9.17, 15) is 8.78 Å². The molecule has 0 atom stereocenters. The average molecular weight is 198 g/mol. The molecule has 0 radical (unpaired) electrons. The van der Waals surface area contributed by atoms with Crippen LogP contribution in [-0.2, 0) is 6.54 Å². The summed E-state index contributed by atoms with van der Waals surface area (Å²) in [4.78, 5) is 1.70. The Bertz CT molecular complexity index is 331. The van der Waals surface area contributed by atoms with Gasteiger partial charge >= 0.3 is 0 Å². The van der Waals surface area contributed by atoms with Gasteiger partial charge in [0.2, 0.25) is 0 Å². The molecule has 1 aromatic rings. The van der Waals surface area contributed by atoms with Crippen LogP contribution in [-0.4, -0.2) is 23.9 Å². The Morgan fingerprint density at radius 2 is 2.07 bits per heavy atom. The van der Waals surface area contributed by atoms with Crippen LogP contribution in [0.2, 0.25) is 0 Å². The van der Waals surface area contributed by atoms with Crippen molar-refractivity contribution in [1.82, 2.24) is 4.90 Å². The number of benzene rings is 1. The van der Waals surface area contributed by atoms with Crippen LogP contribution in [0, 0.1) is 0 Å². The van der Waals surface area contributed by atoms with E-state index in [1.807, 2.05) is 18.2 Å². The molecule has 0 spiro atoms. The zero-order chi connectivity index (χ0) is 10.2. The maximum Gasteiger partial charge on any atom is 0.272 e. The maximum absolute atomic E-state index is 12.5. The monoisotopic (exact) mass is 198 g/mol. The summed E-state index contributed by atoms with van der Waals surface area (Å²) in [6, 6.07) is 7.33. The van der Waals surface area contributed by atoms with E-state index in [1.54, 1.807) is 11.0 Å². The Kier molecular flexibility index (Phi) is 2.15. The largest absolute Gasteiger partial charge is 0.399 e. The summed E-state index contributed by atoms with van der Waals surface area (Å²) in [5.41, 5.74) is 7.24. The summed E-state index contributed by atoms with van der Waals surface area (Å²) in [5, 5.41) is 0. The third-order valence-corrected chi connectivity index (χ3v) is 2.27. The molecule has 2 rings (SSSR count). The average Bonchev–Trinajstić information content (AvgIpc) is 2.00. The van der Waals surface area contributed by atoms with Crippen molar-refractivity contribution in [2.75, 3.05) is 18.8 Å². The Hall–Kier alpha value is -1.16. The number of rotatable bonds is 2. The summed E-state index contributed by atoms with van der Waals surface area (Å²) < 4.78 is 25.0. The van der Waals surface area contributed by atoms with Gasteiger partial charge in [0.25, 0.3) is 5.92 Å². The van der Waals surface area contributed by atoms with Crippen LogP contribution < -0.4 is 5.73 Å². The van der Waals surface area contributed by atoms with Gasteiger partial charge < -0.3 is 5.73 Å². The zero-order valence-corrected chi connectivity index (χ0v) is 7.71. The van der Waals surface area contributed by atoms with Crippen molar-refractivity contribution in [2.45, 2.75) is 12.5 Å². The fourth-order valence-corrected chi connectivity index (χ4v) is 1.67. The van der Waals surface area contributed by atoms with Gasteiger partial charge in [-0.15, -0.1) is 0 Å². The van der Waals surface area contributed by atoms with Crippen molar-refractivity contribution in [3.63, 3.8) is 0 Å². The van der Waals surface area contributed by atoms with Crippen LogP contribution in [0.3, 0.4) is 0 Å². The van der Waals surface area contributed by atoms with Crippen LogP contribution in [0.1, 0.15) is 5.56 Å². The summed E-state index contributed by atoms with van der Waals surface area (Å²) in [6.07, 6.45) is 0. The molecule has 76 valence electrons. The van der Waals surface area contributed by atoms with E-state index in [1.165, 1.54) is 0 Å². The molecule has 1 heterocycles. The fraction of sp³-hybridized carbons (Fsp3) is 0.400. The van der Waals surface area contributed by atoms with Gasteiger partial charge in [0.1, 0.15) is 0 Å². The quantitative estimate of drug-likeness (QED) is 0.733. The predicted octanol–water partition coefficient (Wildman–Crippen LogP) is 1.72. The Labute approximate surface area is 81.3 Å². The van der Waals surface area contributed by atoms with Crippen LogP contribution in [0.15, 0.2) is 24.3 Å². The zero-order valence-electron chi connectivity index (χ0n) is 7.71. The number of hydrogen-bond donors (Lipinski definition) is 1. The second kappa shape index (κ2) is 3.20. The lowest BCUT2D eigenvalue weighted by Gasteiger charge is -2.38. The number of nitrogens with two attached hydrogens (primary N) is 1. The molecule has 0 bridgehead atoms. The molecule has 2 N–H and O–H groups in total. The Morgan fingerprint density at radius 3 is 2.64 bits per heavy atom. The van der Waals surface area contributed by atoms with Gasteiger partial charge in [0.05, 0.1) is 13.1 Å². The molecule has 1 aromatic carbocycles. The summed E-state index contributed by atoms with van der Waals surface area (Å²) in [7, 11) is 0. The van der Waals surface area contributed by atoms with E-state index in [2.05, 4.69) is 0 Å². The SMILES string of the molecule is Nc1cccc(CN2CC(F)(F)C2)c1. The molecule has 1 fully saturated rings. The molecule has 0 unspecified atom stereocenters. The van der Waals surface area contributed by atoms with Crippen molar-refractivity contribution >= 4 is 5.69 Å². The van der Waals surface area contributed by atoms with Crippen molar-refractivity contribution in [2.24, 2.45) is 0 Å². The number of likely N-dealkylation sites (tertiary alicyclic amines) is 1. The second-order valence-corrected chi connectivity index (χ2v) is 3.75. The molecule has 0 amide bonds. The van der Waals surface area contributed by atoms with Gasteiger partial charge in [0, 0.05) is 12.2 Å². The van der Waals surface area contributed by atoms with Gasteiger partial charge in [-0.25, -0.2) is 8.78 Å². The van der Waals surface area contributed by atoms with Gasteiger partial charge in [-0.2, -0.15) is 0 Å². The number of nitrogen functional groups attached to an aromatic ring is 1. The number of hydrogen-bond acceptors (Lipinski definition) is 2. The lowest BCUT2D eigenvalue weighted by Crippen LogP contribution is -2.55. The molecular weight excluding hydrogens is 186 g/mol. The number of nitrogens with zero attached hydrogens (tertiary/aromatic N) is 1. The lowest BCUT2D eigenvalue weighted by atomic mass is 10.1. The summed E-state index contributed by atoms with van der Waals surface area (Å²) in [6.45, 7) is 0.282. The maximum atomic E-state index is 12.5. The third-order valence-electron chi connectivity index (χ3n) is 2.27. The lowest BCUT2D eigenvalue weighted by molar-refractivity contribution is -0.133. The molecule has 2 nitrogen and oxygen atoms in total. The van der Waals surface area contributed by atoms with Gasteiger partial charge in [-0.3, -0.25) is 4.90 Å². The van der Waals surface area contributed by atoms with Crippen molar-refractivity contribution in [3.8, 4) is 0 Å². The van der Waals surface area contributed by atoms with Crippen molar-refractivity contribution < 1.29 is 8.78 Å². The van der Waals surface area contributed by atoms with Crippen LogP contribution >= 0.6 is 0 Å². The summed E-state index contributed by atoms with van der Waals surface area (Å²) >= 11 is 0. The minimum absolute atomic E-state index is 0.137. The number of anilines is 1. The van der Waals surface area contributed by atoms with E-state index in [-0.39, 0.29) is 13.1 Å². The van der Waals surface area contributed by atoms with E-state index in [0.29, 0.717) is 12.2 Å². The molecule has 1 saturated heterocycles. The van der Waals surface area contributed by atoms with Crippen molar-refractivity contribution in [1.29, 1.82) is 0 Å². The van der Waals surface area contributed by atoms with Gasteiger partial charge in [-0.1, -0.05) is 12.1 Å². The first kappa shape index (κ1) is 9.40. The molecule has 1 aliphatic heterocycles. The van der Waals surface area contributed by atoms with Gasteiger partial charge in [0.15, 0.2) is 0 Å². The standard InChI is InChI=1S/C10H12F2N2/c11-10(12)6-14(7-10)5-8-2-1-3-9(13)4-8/h1-4H,5-7,13H2. The highest BCUT2D eigenvalue weighted by atomic mass is 19.3. The third kappa shape index (κ3) is 2.01.